The Bertz CT molecular complexity index is 374. The molecular formula is C10H9NO2. The quantitative estimate of drug-likeness (QED) is 0.653. The zero-order valence-electron chi connectivity index (χ0n) is 7.24. The topological polar surface area (TPSA) is 50.2 Å². The van der Waals surface area contributed by atoms with Gasteiger partial charge in [0.25, 0.3) is 0 Å². The maximum Gasteiger partial charge on any atom is 0.315 e. The number of aromatic nitrogens is 1. The van der Waals surface area contributed by atoms with Crippen molar-refractivity contribution < 1.29 is 9.90 Å². The van der Waals surface area contributed by atoms with Gasteiger partial charge in [0.05, 0.1) is 0 Å². The molecule has 0 saturated heterocycles. The summed E-state index contributed by atoms with van der Waals surface area (Å²) in [5.74, 6) is 4.40. The lowest BCUT2D eigenvalue weighted by molar-refractivity contribution is -0.135. The van der Waals surface area contributed by atoms with Gasteiger partial charge in [0.15, 0.2) is 0 Å². The van der Waals surface area contributed by atoms with Crippen LogP contribution in [0.15, 0.2) is 18.5 Å². The molecule has 0 fully saturated rings. The molecule has 1 heterocycles. The van der Waals surface area contributed by atoms with Crippen molar-refractivity contribution in [2.45, 2.75) is 13.3 Å². The van der Waals surface area contributed by atoms with Crippen LogP contribution in [-0.4, -0.2) is 16.1 Å². The van der Waals surface area contributed by atoms with E-state index < -0.39 is 5.97 Å². The van der Waals surface area contributed by atoms with E-state index in [2.05, 4.69) is 16.8 Å². The van der Waals surface area contributed by atoms with Crippen molar-refractivity contribution in [2.75, 3.05) is 0 Å². The Balaban J connectivity index is 2.77. The molecule has 0 spiro atoms. The number of nitrogens with zero attached hydrogens (tertiary/aromatic N) is 1. The maximum absolute atomic E-state index is 10.2. The Morgan fingerprint density at radius 3 is 3.08 bits per heavy atom. The first-order valence-electron chi connectivity index (χ1n) is 3.81. The second-order valence-corrected chi connectivity index (χ2v) is 2.56. The summed E-state index contributed by atoms with van der Waals surface area (Å²) < 4.78 is 0. The van der Waals surface area contributed by atoms with Crippen LogP contribution in [0.2, 0.25) is 0 Å². The van der Waals surface area contributed by atoms with E-state index in [1.807, 2.05) is 13.0 Å². The fourth-order valence-electron chi connectivity index (χ4n) is 0.810. The van der Waals surface area contributed by atoms with Gasteiger partial charge in [0.2, 0.25) is 0 Å². The zero-order chi connectivity index (χ0) is 9.68. The van der Waals surface area contributed by atoms with E-state index in [-0.39, 0.29) is 6.42 Å². The molecule has 1 rings (SSSR count). The first kappa shape index (κ1) is 9.27. The Kier molecular flexibility index (Phi) is 3.04. The number of aryl methyl sites for hydroxylation is 1. The molecular weight excluding hydrogens is 166 g/mol. The first-order valence-corrected chi connectivity index (χ1v) is 3.81. The maximum atomic E-state index is 10.2. The molecule has 0 unspecified atom stereocenters. The zero-order valence-corrected chi connectivity index (χ0v) is 7.24. The fourth-order valence-corrected chi connectivity index (χ4v) is 0.810. The summed E-state index contributed by atoms with van der Waals surface area (Å²) in [6, 6.07) is 1.84. The van der Waals surface area contributed by atoms with Gasteiger partial charge >= 0.3 is 5.97 Å². The van der Waals surface area contributed by atoms with Gasteiger partial charge in [0.1, 0.15) is 6.42 Å². The Morgan fingerprint density at radius 1 is 1.69 bits per heavy atom. The highest BCUT2D eigenvalue weighted by Crippen LogP contribution is 2.01. The van der Waals surface area contributed by atoms with Gasteiger partial charge in [0, 0.05) is 18.0 Å². The van der Waals surface area contributed by atoms with Gasteiger partial charge < -0.3 is 5.11 Å². The van der Waals surface area contributed by atoms with E-state index in [0.717, 1.165) is 11.1 Å². The summed E-state index contributed by atoms with van der Waals surface area (Å²) in [5.41, 5.74) is 1.79. The molecule has 3 heteroatoms. The number of hydrogen-bond donors (Lipinski definition) is 1. The molecule has 0 saturated carbocycles. The predicted molar refractivity (Wildman–Crippen MR) is 48.1 cm³/mol. The monoisotopic (exact) mass is 175 g/mol. The SMILES string of the molecule is Cc1ccncc1C#CCC(=O)O. The summed E-state index contributed by atoms with van der Waals surface area (Å²) in [4.78, 5) is 14.0. The van der Waals surface area contributed by atoms with Crippen LogP contribution in [0.25, 0.3) is 0 Å². The number of rotatable bonds is 1. The van der Waals surface area contributed by atoms with Gasteiger partial charge in [-0.3, -0.25) is 9.78 Å². The average molecular weight is 175 g/mol. The summed E-state index contributed by atoms with van der Waals surface area (Å²) in [5, 5.41) is 8.34. The largest absolute Gasteiger partial charge is 0.481 e. The third-order valence-corrected chi connectivity index (χ3v) is 1.50. The molecule has 0 atom stereocenters. The second-order valence-electron chi connectivity index (χ2n) is 2.56. The van der Waals surface area contributed by atoms with E-state index in [4.69, 9.17) is 5.11 Å². The summed E-state index contributed by atoms with van der Waals surface area (Å²) in [6.07, 6.45) is 3.18. The first-order chi connectivity index (χ1) is 6.20. The fraction of sp³-hybridized carbons (Fsp3) is 0.200. The van der Waals surface area contributed by atoms with Crippen LogP contribution in [0, 0.1) is 18.8 Å². The van der Waals surface area contributed by atoms with Crippen LogP contribution >= 0.6 is 0 Å². The van der Waals surface area contributed by atoms with Gasteiger partial charge in [-0.2, -0.15) is 0 Å². The third kappa shape index (κ3) is 2.96. The van der Waals surface area contributed by atoms with Crippen LogP contribution in [-0.2, 0) is 4.79 Å². The minimum absolute atomic E-state index is 0.131. The van der Waals surface area contributed by atoms with E-state index >= 15 is 0 Å². The van der Waals surface area contributed by atoms with E-state index in [0.29, 0.717) is 0 Å². The van der Waals surface area contributed by atoms with Gasteiger partial charge in [-0.1, -0.05) is 11.8 Å². The van der Waals surface area contributed by atoms with Crippen molar-refractivity contribution in [3.05, 3.63) is 29.6 Å². The average Bonchev–Trinajstić information content (AvgIpc) is 2.08. The van der Waals surface area contributed by atoms with Crippen LogP contribution < -0.4 is 0 Å². The number of carboxylic acids is 1. The molecule has 1 aromatic heterocycles. The predicted octanol–water partition coefficient (Wildman–Crippen LogP) is 1.22. The number of carboxylic acid groups (broad SMARTS) is 1. The lowest BCUT2D eigenvalue weighted by Gasteiger charge is -1.93. The molecule has 0 aromatic carbocycles. The van der Waals surface area contributed by atoms with Crippen molar-refractivity contribution >= 4 is 5.97 Å². The van der Waals surface area contributed by atoms with Crippen molar-refractivity contribution in [2.24, 2.45) is 0 Å². The Hall–Kier alpha value is -1.82. The van der Waals surface area contributed by atoms with E-state index in [1.54, 1.807) is 12.4 Å². The second kappa shape index (κ2) is 4.27. The van der Waals surface area contributed by atoms with Crippen molar-refractivity contribution in [1.82, 2.24) is 4.98 Å². The van der Waals surface area contributed by atoms with Crippen LogP contribution in [0.5, 0.6) is 0 Å². The molecule has 0 aliphatic heterocycles. The molecule has 3 nitrogen and oxygen atoms in total. The molecule has 1 N–H and O–H groups in total. The van der Waals surface area contributed by atoms with Crippen LogP contribution in [0.4, 0.5) is 0 Å². The highest BCUT2D eigenvalue weighted by atomic mass is 16.4. The lowest BCUT2D eigenvalue weighted by atomic mass is 10.2. The number of carbonyl (C=O) groups is 1. The minimum atomic E-state index is -0.908. The molecule has 0 radical (unpaired) electrons. The molecule has 0 aliphatic carbocycles. The number of aliphatic carboxylic acids is 1. The standard InChI is InChI=1S/C10H9NO2/c1-8-5-6-11-7-9(8)3-2-4-10(12)13/h5-7H,4H2,1H3,(H,12,13). The van der Waals surface area contributed by atoms with Gasteiger partial charge in [-0.25, -0.2) is 0 Å². The molecule has 66 valence electrons. The van der Waals surface area contributed by atoms with E-state index in [1.165, 1.54) is 0 Å². The Labute approximate surface area is 76.4 Å². The third-order valence-electron chi connectivity index (χ3n) is 1.50. The normalized spacial score (nSPS) is 8.69. The van der Waals surface area contributed by atoms with Crippen molar-refractivity contribution in [1.29, 1.82) is 0 Å². The minimum Gasteiger partial charge on any atom is -0.481 e. The number of pyridine rings is 1. The Morgan fingerprint density at radius 2 is 2.46 bits per heavy atom. The number of hydrogen-bond acceptors (Lipinski definition) is 2. The highest BCUT2D eigenvalue weighted by molar-refractivity contribution is 5.70. The van der Waals surface area contributed by atoms with Crippen LogP contribution in [0.3, 0.4) is 0 Å². The molecule has 0 amide bonds. The summed E-state index contributed by atoms with van der Waals surface area (Å²) in [7, 11) is 0. The van der Waals surface area contributed by atoms with Crippen molar-refractivity contribution in [3.63, 3.8) is 0 Å². The van der Waals surface area contributed by atoms with Crippen molar-refractivity contribution in [3.8, 4) is 11.8 Å². The molecule has 1 aromatic rings. The molecule has 0 aliphatic rings. The summed E-state index contributed by atoms with van der Waals surface area (Å²) >= 11 is 0. The lowest BCUT2D eigenvalue weighted by Crippen LogP contribution is -1.90. The molecule has 0 bridgehead atoms. The van der Waals surface area contributed by atoms with Gasteiger partial charge in [-0.05, 0) is 18.6 Å². The summed E-state index contributed by atoms with van der Waals surface area (Å²) in [6.45, 7) is 1.91. The van der Waals surface area contributed by atoms with Gasteiger partial charge in [-0.15, -0.1) is 0 Å². The smallest absolute Gasteiger partial charge is 0.315 e. The molecule has 13 heavy (non-hydrogen) atoms. The highest BCUT2D eigenvalue weighted by Gasteiger charge is 1.92. The van der Waals surface area contributed by atoms with E-state index in [9.17, 15) is 4.79 Å². The van der Waals surface area contributed by atoms with Crippen LogP contribution in [0.1, 0.15) is 17.5 Å².